The van der Waals surface area contributed by atoms with Crippen LogP contribution in [0.4, 0.5) is 10.5 Å². The fourth-order valence-electron chi connectivity index (χ4n) is 3.32. The summed E-state index contributed by atoms with van der Waals surface area (Å²) in [6, 6.07) is 14.1. The molecule has 1 aliphatic rings. The molecule has 0 saturated heterocycles. The van der Waals surface area contributed by atoms with Gasteiger partial charge in [-0.05, 0) is 36.6 Å². The molecule has 0 aromatic heterocycles. The number of para-hydroxylation sites is 2. The normalized spacial score (nSPS) is 15.9. The Bertz CT molecular complexity index is 806. The molecule has 136 valence electrons. The van der Waals surface area contributed by atoms with Crippen LogP contribution in [0.3, 0.4) is 0 Å². The van der Waals surface area contributed by atoms with Crippen molar-refractivity contribution in [2.45, 2.75) is 25.8 Å². The SMILES string of the molecule is CCOc1ccccc1NC(=O)N1CCc2ccccc2[C@@H]1CC(=O)O. The van der Waals surface area contributed by atoms with Gasteiger partial charge < -0.3 is 20.1 Å². The largest absolute Gasteiger partial charge is 0.492 e. The van der Waals surface area contributed by atoms with Crippen LogP contribution in [0.5, 0.6) is 5.75 Å². The maximum atomic E-state index is 12.9. The highest BCUT2D eigenvalue weighted by Crippen LogP contribution is 2.33. The predicted molar refractivity (Wildman–Crippen MR) is 98.5 cm³/mol. The maximum absolute atomic E-state index is 12.9. The molecule has 2 aromatic rings. The summed E-state index contributed by atoms with van der Waals surface area (Å²) < 4.78 is 5.55. The van der Waals surface area contributed by atoms with Gasteiger partial charge in [-0.2, -0.15) is 0 Å². The van der Waals surface area contributed by atoms with Crippen LogP contribution in [0.2, 0.25) is 0 Å². The number of amides is 2. The number of nitrogens with zero attached hydrogens (tertiary/aromatic N) is 1. The molecule has 3 rings (SSSR count). The molecule has 0 radical (unpaired) electrons. The van der Waals surface area contributed by atoms with Crippen molar-refractivity contribution in [3.05, 3.63) is 59.7 Å². The molecule has 1 atom stereocenters. The van der Waals surface area contributed by atoms with E-state index in [0.717, 1.165) is 11.1 Å². The van der Waals surface area contributed by atoms with E-state index >= 15 is 0 Å². The van der Waals surface area contributed by atoms with Gasteiger partial charge in [-0.3, -0.25) is 4.79 Å². The van der Waals surface area contributed by atoms with Gasteiger partial charge in [0.05, 0.1) is 24.8 Å². The van der Waals surface area contributed by atoms with Crippen molar-refractivity contribution < 1.29 is 19.4 Å². The number of carbonyl (C=O) groups excluding carboxylic acids is 1. The van der Waals surface area contributed by atoms with E-state index in [0.29, 0.717) is 31.0 Å². The Labute approximate surface area is 152 Å². The Morgan fingerprint density at radius 1 is 1.19 bits per heavy atom. The molecule has 1 heterocycles. The highest BCUT2D eigenvalue weighted by atomic mass is 16.5. The highest BCUT2D eigenvalue weighted by molar-refractivity contribution is 5.91. The van der Waals surface area contributed by atoms with Crippen molar-refractivity contribution in [1.82, 2.24) is 4.90 Å². The lowest BCUT2D eigenvalue weighted by atomic mass is 9.91. The fourth-order valence-corrected chi connectivity index (χ4v) is 3.32. The molecule has 0 fully saturated rings. The molecule has 2 aromatic carbocycles. The molecule has 0 aliphatic carbocycles. The second-order valence-electron chi connectivity index (χ2n) is 6.12. The Balaban J connectivity index is 1.85. The summed E-state index contributed by atoms with van der Waals surface area (Å²) in [5, 5.41) is 12.2. The van der Waals surface area contributed by atoms with Crippen molar-refractivity contribution in [3.63, 3.8) is 0 Å². The van der Waals surface area contributed by atoms with E-state index in [-0.39, 0.29) is 12.5 Å². The number of urea groups is 1. The summed E-state index contributed by atoms with van der Waals surface area (Å²) in [4.78, 5) is 25.9. The summed E-state index contributed by atoms with van der Waals surface area (Å²) in [7, 11) is 0. The molecule has 0 bridgehead atoms. The zero-order valence-corrected chi connectivity index (χ0v) is 14.6. The molecule has 6 nitrogen and oxygen atoms in total. The second-order valence-corrected chi connectivity index (χ2v) is 6.12. The molecule has 2 amide bonds. The summed E-state index contributed by atoms with van der Waals surface area (Å²) in [6.07, 6.45) is 0.574. The van der Waals surface area contributed by atoms with Gasteiger partial charge in [0.2, 0.25) is 0 Å². The quantitative estimate of drug-likeness (QED) is 0.858. The van der Waals surface area contributed by atoms with E-state index in [1.54, 1.807) is 17.0 Å². The first kappa shape index (κ1) is 17.8. The molecule has 0 saturated carbocycles. The van der Waals surface area contributed by atoms with Gasteiger partial charge in [-0.1, -0.05) is 36.4 Å². The van der Waals surface area contributed by atoms with Gasteiger partial charge in [0, 0.05) is 6.54 Å². The van der Waals surface area contributed by atoms with Crippen LogP contribution in [0.15, 0.2) is 48.5 Å². The van der Waals surface area contributed by atoms with Crippen molar-refractivity contribution in [3.8, 4) is 5.75 Å². The third-order valence-corrected chi connectivity index (χ3v) is 4.47. The van der Waals surface area contributed by atoms with E-state index in [4.69, 9.17) is 4.74 Å². The van der Waals surface area contributed by atoms with Gasteiger partial charge >= 0.3 is 12.0 Å². The lowest BCUT2D eigenvalue weighted by Gasteiger charge is -2.36. The van der Waals surface area contributed by atoms with Gasteiger partial charge in [0.15, 0.2) is 0 Å². The number of carbonyl (C=O) groups is 2. The van der Waals surface area contributed by atoms with Crippen molar-refractivity contribution in [1.29, 1.82) is 0 Å². The minimum absolute atomic E-state index is 0.127. The first-order valence-corrected chi connectivity index (χ1v) is 8.69. The number of fused-ring (bicyclic) bond motifs is 1. The van der Waals surface area contributed by atoms with E-state index in [1.165, 1.54) is 0 Å². The van der Waals surface area contributed by atoms with E-state index in [9.17, 15) is 14.7 Å². The zero-order chi connectivity index (χ0) is 18.5. The van der Waals surface area contributed by atoms with E-state index in [2.05, 4.69) is 5.32 Å². The molecule has 0 unspecified atom stereocenters. The number of hydrogen-bond donors (Lipinski definition) is 2. The average Bonchev–Trinajstić information content (AvgIpc) is 2.63. The second kappa shape index (κ2) is 7.91. The van der Waals surface area contributed by atoms with Crippen LogP contribution in [-0.4, -0.2) is 35.2 Å². The predicted octanol–water partition coefficient (Wildman–Crippen LogP) is 3.69. The van der Waals surface area contributed by atoms with E-state index < -0.39 is 12.0 Å². The number of aliphatic carboxylic acids is 1. The highest BCUT2D eigenvalue weighted by Gasteiger charge is 2.32. The number of hydrogen-bond acceptors (Lipinski definition) is 3. The molecule has 1 aliphatic heterocycles. The molecule has 0 spiro atoms. The number of benzene rings is 2. The van der Waals surface area contributed by atoms with Gasteiger partial charge in [-0.25, -0.2) is 4.79 Å². The van der Waals surface area contributed by atoms with Crippen molar-refractivity contribution in [2.24, 2.45) is 0 Å². The summed E-state index contributed by atoms with van der Waals surface area (Å²) in [5.41, 5.74) is 2.57. The van der Waals surface area contributed by atoms with Crippen LogP contribution in [0.25, 0.3) is 0 Å². The van der Waals surface area contributed by atoms with Gasteiger partial charge in [0.1, 0.15) is 5.75 Å². The first-order valence-electron chi connectivity index (χ1n) is 8.69. The van der Waals surface area contributed by atoms with Gasteiger partial charge in [-0.15, -0.1) is 0 Å². The maximum Gasteiger partial charge on any atom is 0.322 e. The first-order chi connectivity index (χ1) is 12.6. The molecular weight excluding hydrogens is 332 g/mol. The Morgan fingerprint density at radius 3 is 2.69 bits per heavy atom. The zero-order valence-electron chi connectivity index (χ0n) is 14.6. The van der Waals surface area contributed by atoms with Crippen molar-refractivity contribution in [2.75, 3.05) is 18.5 Å². The lowest BCUT2D eigenvalue weighted by molar-refractivity contribution is -0.138. The minimum atomic E-state index is -0.931. The average molecular weight is 354 g/mol. The number of carboxylic acid groups (broad SMARTS) is 1. The fraction of sp³-hybridized carbons (Fsp3) is 0.300. The number of carboxylic acids is 1. The standard InChI is InChI=1S/C20H22N2O4/c1-2-26-18-10-6-5-9-16(18)21-20(25)22-12-11-14-7-3-4-8-15(14)17(22)13-19(23)24/h3-10,17H,2,11-13H2,1H3,(H,21,25)(H,23,24)/t17-/m0/s1. The lowest BCUT2D eigenvalue weighted by Crippen LogP contribution is -2.43. The molecule has 6 heteroatoms. The van der Waals surface area contributed by atoms with E-state index in [1.807, 2.05) is 43.3 Å². The van der Waals surface area contributed by atoms with Crippen LogP contribution in [0, 0.1) is 0 Å². The molecule has 2 N–H and O–H groups in total. The number of ether oxygens (including phenoxy) is 1. The third kappa shape index (κ3) is 3.79. The topological polar surface area (TPSA) is 78.9 Å². The van der Waals surface area contributed by atoms with Crippen LogP contribution < -0.4 is 10.1 Å². The summed E-state index contributed by atoms with van der Waals surface area (Å²) in [6.45, 7) is 2.84. The number of rotatable bonds is 5. The number of anilines is 1. The number of nitrogens with one attached hydrogen (secondary N) is 1. The summed E-state index contributed by atoms with van der Waals surface area (Å²) >= 11 is 0. The Hall–Kier alpha value is -3.02. The van der Waals surface area contributed by atoms with Crippen LogP contribution in [0.1, 0.15) is 30.5 Å². The minimum Gasteiger partial charge on any atom is -0.492 e. The van der Waals surface area contributed by atoms with Gasteiger partial charge in [0.25, 0.3) is 0 Å². The third-order valence-electron chi connectivity index (χ3n) is 4.47. The Morgan fingerprint density at radius 2 is 1.92 bits per heavy atom. The van der Waals surface area contributed by atoms with Crippen LogP contribution >= 0.6 is 0 Å². The summed E-state index contributed by atoms with van der Waals surface area (Å²) in [5.74, 6) is -0.338. The van der Waals surface area contributed by atoms with Crippen LogP contribution in [-0.2, 0) is 11.2 Å². The molecule has 26 heavy (non-hydrogen) atoms. The Kier molecular flexibility index (Phi) is 5.41. The molecular formula is C20H22N2O4. The monoisotopic (exact) mass is 354 g/mol. The van der Waals surface area contributed by atoms with Crippen molar-refractivity contribution >= 4 is 17.7 Å². The smallest absolute Gasteiger partial charge is 0.322 e.